The molecule has 1 atom stereocenters. The molecule has 3 nitrogen and oxygen atoms in total. The third-order valence-electron chi connectivity index (χ3n) is 3.18. The number of nitriles is 1. The van der Waals surface area contributed by atoms with Gasteiger partial charge in [0.25, 0.3) is 0 Å². The van der Waals surface area contributed by atoms with Crippen LogP contribution in [0.15, 0.2) is 42.5 Å². The topological polar surface area (TPSA) is 47.3 Å². The number of halogens is 1. The maximum atomic E-state index is 9.55. The second-order valence-electron chi connectivity index (χ2n) is 4.61. The summed E-state index contributed by atoms with van der Waals surface area (Å²) in [5.74, 6) is 0. The first-order valence-corrected chi connectivity index (χ1v) is 6.62. The first kappa shape index (κ1) is 14.4. The average Bonchev–Trinajstić information content (AvgIpc) is 2.46. The second kappa shape index (κ2) is 5.96. The molecule has 0 aromatic heterocycles. The molecule has 1 N–H and O–H groups in total. The highest BCUT2D eigenvalue weighted by Gasteiger charge is 2.11. The number of hydrogen-bond acceptors (Lipinski definition) is 3. The van der Waals surface area contributed by atoms with Crippen LogP contribution in [0.4, 0.5) is 11.4 Å². The number of rotatable bonds is 3. The molecule has 0 unspecified atom stereocenters. The molecular formula is C16H15ClN2O. The third-order valence-corrected chi connectivity index (χ3v) is 3.48. The van der Waals surface area contributed by atoms with Crippen molar-refractivity contribution in [2.24, 2.45) is 0 Å². The summed E-state index contributed by atoms with van der Waals surface area (Å²) in [6, 6.07) is 14.9. The van der Waals surface area contributed by atoms with Gasteiger partial charge in [-0.1, -0.05) is 23.7 Å². The monoisotopic (exact) mass is 286 g/mol. The fourth-order valence-electron chi connectivity index (χ4n) is 1.98. The molecule has 2 aromatic carbocycles. The molecule has 4 heteroatoms. The molecule has 0 bridgehead atoms. The van der Waals surface area contributed by atoms with Gasteiger partial charge >= 0.3 is 0 Å². The normalized spacial score (nSPS) is 11.8. The largest absolute Gasteiger partial charge is 0.389 e. The summed E-state index contributed by atoms with van der Waals surface area (Å²) in [5, 5.41) is 19.1. The van der Waals surface area contributed by atoms with E-state index in [9.17, 15) is 5.11 Å². The highest BCUT2D eigenvalue weighted by atomic mass is 35.5. The van der Waals surface area contributed by atoms with Gasteiger partial charge < -0.3 is 10.0 Å². The molecule has 0 spiro atoms. The lowest BCUT2D eigenvalue weighted by molar-refractivity contribution is 0.199. The summed E-state index contributed by atoms with van der Waals surface area (Å²) in [4.78, 5) is 1.91. The lowest BCUT2D eigenvalue weighted by Crippen LogP contribution is -2.10. The predicted molar refractivity (Wildman–Crippen MR) is 81.3 cm³/mol. The van der Waals surface area contributed by atoms with Crippen molar-refractivity contribution >= 4 is 23.0 Å². The Labute approximate surface area is 123 Å². The van der Waals surface area contributed by atoms with Crippen LogP contribution in [-0.2, 0) is 0 Å². The predicted octanol–water partition coefficient (Wildman–Crippen LogP) is 4.03. The Morgan fingerprint density at radius 2 is 2.00 bits per heavy atom. The molecule has 102 valence electrons. The maximum Gasteiger partial charge on any atom is 0.0992 e. The molecule has 0 saturated heterocycles. The summed E-state index contributed by atoms with van der Waals surface area (Å²) in [6.07, 6.45) is -0.547. The standard InChI is InChI=1S/C16H15ClN2O/c1-11(20)13-6-7-16(15(17)9-13)19(2)14-5-3-4-12(8-14)10-18/h3-9,11,20H,1-2H3/t11-/m0/s1. The fraction of sp³-hybridized carbons (Fsp3) is 0.188. The van der Waals surface area contributed by atoms with Crippen molar-refractivity contribution in [2.45, 2.75) is 13.0 Å². The molecule has 0 fully saturated rings. The smallest absolute Gasteiger partial charge is 0.0992 e. The van der Waals surface area contributed by atoms with Crippen LogP contribution in [0.25, 0.3) is 0 Å². The number of anilines is 2. The Morgan fingerprint density at radius 1 is 1.25 bits per heavy atom. The summed E-state index contributed by atoms with van der Waals surface area (Å²) >= 11 is 6.27. The van der Waals surface area contributed by atoms with Crippen LogP contribution in [0.3, 0.4) is 0 Å². The quantitative estimate of drug-likeness (QED) is 0.926. The summed E-state index contributed by atoms with van der Waals surface area (Å²) < 4.78 is 0. The number of aliphatic hydroxyl groups is 1. The first-order chi connectivity index (χ1) is 9.52. The minimum absolute atomic E-state index is 0.547. The van der Waals surface area contributed by atoms with Gasteiger partial charge in [-0.15, -0.1) is 0 Å². The van der Waals surface area contributed by atoms with Crippen LogP contribution in [0.1, 0.15) is 24.2 Å². The number of nitrogens with zero attached hydrogens (tertiary/aromatic N) is 2. The Balaban J connectivity index is 2.38. The number of hydrogen-bond donors (Lipinski definition) is 1. The van der Waals surface area contributed by atoms with E-state index in [0.717, 1.165) is 16.9 Å². The highest BCUT2D eigenvalue weighted by Crippen LogP contribution is 2.32. The van der Waals surface area contributed by atoms with Crippen LogP contribution in [0.2, 0.25) is 5.02 Å². The molecule has 0 heterocycles. The van der Waals surface area contributed by atoms with Crippen LogP contribution in [0.5, 0.6) is 0 Å². The van der Waals surface area contributed by atoms with E-state index in [0.29, 0.717) is 10.6 Å². The van der Waals surface area contributed by atoms with Gasteiger partial charge in [0, 0.05) is 12.7 Å². The van der Waals surface area contributed by atoms with Gasteiger partial charge in [-0.05, 0) is 42.8 Å². The van der Waals surface area contributed by atoms with Crippen LogP contribution < -0.4 is 4.90 Å². The van der Waals surface area contributed by atoms with Crippen LogP contribution >= 0.6 is 11.6 Å². The molecule has 2 aromatic rings. The molecule has 0 aliphatic heterocycles. The van der Waals surface area contributed by atoms with Gasteiger partial charge in [-0.2, -0.15) is 5.26 Å². The zero-order chi connectivity index (χ0) is 14.7. The van der Waals surface area contributed by atoms with Gasteiger partial charge in [0.05, 0.1) is 28.4 Å². The third kappa shape index (κ3) is 2.93. The van der Waals surface area contributed by atoms with Gasteiger partial charge in [0.2, 0.25) is 0 Å². The average molecular weight is 287 g/mol. The van der Waals surface area contributed by atoms with E-state index in [1.807, 2.05) is 36.2 Å². The highest BCUT2D eigenvalue weighted by molar-refractivity contribution is 6.33. The minimum atomic E-state index is -0.547. The Kier molecular flexibility index (Phi) is 4.29. The Morgan fingerprint density at radius 3 is 2.60 bits per heavy atom. The molecule has 20 heavy (non-hydrogen) atoms. The SMILES string of the molecule is C[C@H](O)c1ccc(N(C)c2cccc(C#N)c2)c(Cl)c1. The van der Waals surface area contributed by atoms with Gasteiger partial charge in [-0.25, -0.2) is 0 Å². The number of benzene rings is 2. The van der Waals surface area contributed by atoms with Gasteiger partial charge in [0.1, 0.15) is 0 Å². The molecule has 0 radical (unpaired) electrons. The van der Waals surface area contributed by atoms with E-state index in [1.54, 1.807) is 25.1 Å². The fourth-order valence-corrected chi connectivity index (χ4v) is 2.29. The first-order valence-electron chi connectivity index (χ1n) is 6.24. The van der Waals surface area contributed by atoms with Crippen molar-refractivity contribution in [1.29, 1.82) is 5.26 Å². The molecule has 0 aliphatic carbocycles. The molecule has 0 saturated carbocycles. The minimum Gasteiger partial charge on any atom is -0.389 e. The van der Waals surface area contributed by atoms with Crippen molar-refractivity contribution in [2.75, 3.05) is 11.9 Å². The van der Waals surface area contributed by atoms with Gasteiger partial charge in [-0.3, -0.25) is 0 Å². The molecular weight excluding hydrogens is 272 g/mol. The Bertz CT molecular complexity index is 662. The molecule has 2 rings (SSSR count). The Hall–Kier alpha value is -2.02. The van der Waals surface area contributed by atoms with Crippen molar-refractivity contribution in [1.82, 2.24) is 0 Å². The van der Waals surface area contributed by atoms with E-state index < -0.39 is 6.10 Å². The summed E-state index contributed by atoms with van der Waals surface area (Å²) in [7, 11) is 1.89. The van der Waals surface area contributed by atoms with E-state index in [1.165, 1.54) is 0 Å². The van der Waals surface area contributed by atoms with Crippen molar-refractivity contribution in [3.63, 3.8) is 0 Å². The maximum absolute atomic E-state index is 9.55. The van der Waals surface area contributed by atoms with Crippen LogP contribution in [-0.4, -0.2) is 12.2 Å². The zero-order valence-corrected chi connectivity index (χ0v) is 12.1. The second-order valence-corrected chi connectivity index (χ2v) is 5.02. The van der Waals surface area contributed by atoms with E-state index in [4.69, 9.17) is 16.9 Å². The van der Waals surface area contributed by atoms with Crippen LogP contribution in [0, 0.1) is 11.3 Å². The van der Waals surface area contributed by atoms with Crippen molar-refractivity contribution in [3.05, 3.63) is 58.6 Å². The van der Waals surface area contributed by atoms with E-state index in [2.05, 4.69) is 6.07 Å². The zero-order valence-electron chi connectivity index (χ0n) is 11.3. The van der Waals surface area contributed by atoms with Crippen molar-refractivity contribution < 1.29 is 5.11 Å². The lowest BCUT2D eigenvalue weighted by Gasteiger charge is -2.21. The van der Waals surface area contributed by atoms with E-state index >= 15 is 0 Å². The van der Waals surface area contributed by atoms with Crippen molar-refractivity contribution in [3.8, 4) is 6.07 Å². The molecule has 0 aliphatic rings. The molecule has 0 amide bonds. The van der Waals surface area contributed by atoms with Gasteiger partial charge in [0.15, 0.2) is 0 Å². The van der Waals surface area contributed by atoms with E-state index in [-0.39, 0.29) is 0 Å². The summed E-state index contributed by atoms with van der Waals surface area (Å²) in [5.41, 5.74) is 3.09. The lowest BCUT2D eigenvalue weighted by atomic mass is 10.1. The number of aliphatic hydroxyl groups excluding tert-OH is 1. The summed E-state index contributed by atoms with van der Waals surface area (Å²) in [6.45, 7) is 1.70.